The molecule has 6 nitrogen and oxygen atoms in total. The number of benzene rings is 1. The predicted molar refractivity (Wildman–Crippen MR) is 92.7 cm³/mol. The van der Waals surface area contributed by atoms with Gasteiger partial charge >= 0.3 is 11.9 Å². The zero-order chi connectivity index (χ0) is 17.1. The van der Waals surface area contributed by atoms with Crippen LogP contribution in [0.5, 0.6) is 0 Å². The Hall–Kier alpha value is -1.19. The normalized spacial score (nSPS) is 10.4. The van der Waals surface area contributed by atoms with Crippen LogP contribution in [0.3, 0.4) is 0 Å². The van der Waals surface area contributed by atoms with Gasteiger partial charge in [-0.25, -0.2) is 9.59 Å². The van der Waals surface area contributed by atoms with Gasteiger partial charge in [-0.1, -0.05) is 6.07 Å². The van der Waals surface area contributed by atoms with E-state index in [9.17, 15) is 9.59 Å². The van der Waals surface area contributed by atoms with Gasteiger partial charge in [0.2, 0.25) is 0 Å². The van der Waals surface area contributed by atoms with Crippen molar-refractivity contribution in [3.8, 4) is 0 Å². The second kappa shape index (κ2) is 11.4. The number of carbonyl (C=O) groups is 2. The van der Waals surface area contributed by atoms with Crippen molar-refractivity contribution in [2.45, 2.75) is 13.8 Å². The summed E-state index contributed by atoms with van der Waals surface area (Å²) in [6.07, 6.45) is 0. The van der Waals surface area contributed by atoms with Crippen LogP contribution in [-0.2, 0) is 18.9 Å². The lowest BCUT2D eigenvalue weighted by molar-refractivity contribution is 0.0295. The van der Waals surface area contributed by atoms with E-state index in [-0.39, 0.29) is 24.3 Å². The number of esters is 2. The summed E-state index contributed by atoms with van der Waals surface area (Å²) in [6, 6.07) is 4.97. The van der Waals surface area contributed by atoms with E-state index in [0.717, 1.165) is 0 Å². The SMILES string of the molecule is CCOCCOC(=O)c1cccc(I)c1C(=O)OCCOCC. The molecule has 0 N–H and O–H groups in total. The Morgan fingerprint density at radius 2 is 1.48 bits per heavy atom. The van der Waals surface area contributed by atoms with Crippen LogP contribution in [0.1, 0.15) is 34.6 Å². The monoisotopic (exact) mass is 436 g/mol. The first kappa shape index (κ1) is 19.9. The van der Waals surface area contributed by atoms with Gasteiger partial charge in [-0.15, -0.1) is 0 Å². The third kappa shape index (κ3) is 6.84. The van der Waals surface area contributed by atoms with Gasteiger partial charge in [-0.3, -0.25) is 0 Å². The molecule has 0 heterocycles. The van der Waals surface area contributed by atoms with Crippen LogP contribution >= 0.6 is 22.6 Å². The summed E-state index contributed by atoms with van der Waals surface area (Å²) < 4.78 is 21.1. The molecule has 0 aliphatic rings. The Balaban J connectivity index is 2.74. The van der Waals surface area contributed by atoms with Crippen LogP contribution in [0.25, 0.3) is 0 Å². The van der Waals surface area contributed by atoms with Crippen LogP contribution < -0.4 is 0 Å². The summed E-state index contributed by atoms with van der Waals surface area (Å²) >= 11 is 1.99. The van der Waals surface area contributed by atoms with Crippen LogP contribution in [0.2, 0.25) is 0 Å². The number of hydrogen-bond donors (Lipinski definition) is 0. The molecule has 1 rings (SSSR count). The highest BCUT2D eigenvalue weighted by Crippen LogP contribution is 2.19. The van der Waals surface area contributed by atoms with E-state index in [0.29, 0.717) is 30.0 Å². The molecule has 0 aliphatic heterocycles. The van der Waals surface area contributed by atoms with Gasteiger partial charge in [0.1, 0.15) is 13.2 Å². The molecule has 0 fully saturated rings. The third-order valence-electron chi connectivity index (χ3n) is 2.77. The molecule has 7 heteroatoms. The molecule has 0 radical (unpaired) electrons. The highest BCUT2D eigenvalue weighted by atomic mass is 127. The number of hydrogen-bond acceptors (Lipinski definition) is 6. The van der Waals surface area contributed by atoms with Gasteiger partial charge in [0.05, 0.1) is 24.3 Å². The molecule has 1 aromatic rings. The first-order valence-electron chi connectivity index (χ1n) is 7.40. The molecule has 0 aliphatic carbocycles. The Morgan fingerprint density at radius 3 is 2.04 bits per heavy atom. The minimum absolute atomic E-state index is 0.135. The van der Waals surface area contributed by atoms with E-state index in [1.807, 2.05) is 36.4 Å². The van der Waals surface area contributed by atoms with E-state index >= 15 is 0 Å². The standard InChI is InChI=1S/C16H21IO6/c1-3-20-8-10-22-15(18)12-6-5-7-13(17)14(12)16(19)23-11-9-21-4-2/h5-7H,3-4,8-11H2,1-2H3. The second-order valence-corrected chi connectivity index (χ2v) is 5.49. The molecule has 23 heavy (non-hydrogen) atoms. The molecular weight excluding hydrogens is 415 g/mol. The summed E-state index contributed by atoms with van der Waals surface area (Å²) in [7, 11) is 0. The maximum atomic E-state index is 12.2. The lowest BCUT2D eigenvalue weighted by atomic mass is 10.1. The summed E-state index contributed by atoms with van der Waals surface area (Å²) in [6.45, 7) is 5.74. The van der Waals surface area contributed by atoms with E-state index in [4.69, 9.17) is 18.9 Å². The summed E-state index contributed by atoms with van der Waals surface area (Å²) in [5, 5.41) is 0. The van der Waals surface area contributed by atoms with Crippen molar-refractivity contribution >= 4 is 34.5 Å². The number of ether oxygens (including phenoxy) is 4. The largest absolute Gasteiger partial charge is 0.460 e. The van der Waals surface area contributed by atoms with E-state index in [1.165, 1.54) is 0 Å². The van der Waals surface area contributed by atoms with Crippen molar-refractivity contribution in [2.75, 3.05) is 39.6 Å². The fraction of sp³-hybridized carbons (Fsp3) is 0.500. The van der Waals surface area contributed by atoms with Gasteiger partial charge < -0.3 is 18.9 Å². The zero-order valence-electron chi connectivity index (χ0n) is 13.3. The number of halogens is 1. The van der Waals surface area contributed by atoms with Crippen LogP contribution in [0, 0.1) is 3.57 Å². The Kier molecular flexibility index (Phi) is 9.81. The molecule has 0 aromatic heterocycles. The smallest absolute Gasteiger partial charge is 0.340 e. The van der Waals surface area contributed by atoms with Crippen molar-refractivity contribution in [3.05, 3.63) is 32.9 Å². The molecule has 0 saturated heterocycles. The molecule has 0 amide bonds. The van der Waals surface area contributed by atoms with Gasteiger partial charge in [0, 0.05) is 16.8 Å². The minimum atomic E-state index is -0.569. The molecule has 0 unspecified atom stereocenters. The van der Waals surface area contributed by atoms with Gasteiger partial charge in [0.15, 0.2) is 0 Å². The molecule has 0 saturated carbocycles. The van der Waals surface area contributed by atoms with Gasteiger partial charge in [-0.05, 0) is 48.6 Å². The van der Waals surface area contributed by atoms with E-state index in [2.05, 4.69) is 0 Å². The highest BCUT2D eigenvalue weighted by Gasteiger charge is 2.22. The molecule has 0 bridgehead atoms. The maximum absolute atomic E-state index is 12.2. The quantitative estimate of drug-likeness (QED) is 0.319. The van der Waals surface area contributed by atoms with Crippen molar-refractivity contribution in [2.24, 2.45) is 0 Å². The van der Waals surface area contributed by atoms with E-state index in [1.54, 1.807) is 18.2 Å². The van der Waals surface area contributed by atoms with Gasteiger partial charge in [0.25, 0.3) is 0 Å². The first-order valence-corrected chi connectivity index (χ1v) is 8.47. The third-order valence-corrected chi connectivity index (χ3v) is 3.67. The Morgan fingerprint density at radius 1 is 0.913 bits per heavy atom. The average molecular weight is 436 g/mol. The Bertz CT molecular complexity index is 517. The van der Waals surface area contributed by atoms with Crippen LogP contribution in [-0.4, -0.2) is 51.6 Å². The van der Waals surface area contributed by atoms with Crippen molar-refractivity contribution in [1.82, 2.24) is 0 Å². The van der Waals surface area contributed by atoms with Crippen LogP contribution in [0.4, 0.5) is 0 Å². The molecule has 128 valence electrons. The van der Waals surface area contributed by atoms with Crippen molar-refractivity contribution in [3.63, 3.8) is 0 Å². The van der Waals surface area contributed by atoms with E-state index < -0.39 is 11.9 Å². The fourth-order valence-electron chi connectivity index (χ4n) is 1.73. The Labute approximate surface area is 149 Å². The minimum Gasteiger partial charge on any atom is -0.460 e. The summed E-state index contributed by atoms with van der Waals surface area (Å²) in [4.78, 5) is 24.4. The molecule has 0 atom stereocenters. The van der Waals surface area contributed by atoms with Crippen molar-refractivity contribution < 1.29 is 28.5 Å². The predicted octanol–water partition coefficient (Wildman–Crippen LogP) is 2.68. The van der Waals surface area contributed by atoms with Gasteiger partial charge in [-0.2, -0.15) is 0 Å². The molecule has 1 aromatic carbocycles. The summed E-state index contributed by atoms with van der Waals surface area (Å²) in [5.74, 6) is -1.13. The van der Waals surface area contributed by atoms with Crippen molar-refractivity contribution in [1.29, 1.82) is 0 Å². The topological polar surface area (TPSA) is 71.1 Å². The maximum Gasteiger partial charge on any atom is 0.340 e. The molecular formula is C16H21IO6. The lowest BCUT2D eigenvalue weighted by Crippen LogP contribution is -2.18. The number of rotatable bonds is 10. The average Bonchev–Trinajstić information content (AvgIpc) is 2.55. The van der Waals surface area contributed by atoms with Crippen LogP contribution in [0.15, 0.2) is 18.2 Å². The fourth-order valence-corrected chi connectivity index (χ4v) is 2.45. The lowest BCUT2D eigenvalue weighted by Gasteiger charge is -2.11. The summed E-state index contributed by atoms with van der Waals surface area (Å²) in [5.41, 5.74) is 0.404. The second-order valence-electron chi connectivity index (χ2n) is 4.33. The zero-order valence-corrected chi connectivity index (χ0v) is 15.5. The molecule has 0 spiro atoms. The first-order chi connectivity index (χ1) is 11.1. The highest BCUT2D eigenvalue weighted by molar-refractivity contribution is 14.1. The number of carbonyl (C=O) groups excluding carboxylic acids is 2.